The zero-order valence-corrected chi connectivity index (χ0v) is 36.4. The van der Waals surface area contributed by atoms with Crippen molar-refractivity contribution in [3.05, 3.63) is 82.9 Å². The number of halogens is 13. The Kier molecular flexibility index (Phi) is 21.8. The van der Waals surface area contributed by atoms with Crippen molar-refractivity contribution in [3.63, 3.8) is 0 Å². The molecule has 35 heteroatoms. The molecule has 0 atom stereocenters. The Balaban J connectivity index is 0. The van der Waals surface area contributed by atoms with Gasteiger partial charge >= 0.3 is 29.2 Å². The van der Waals surface area contributed by atoms with Gasteiger partial charge in [-0.1, -0.05) is 50.6 Å². The Morgan fingerprint density at radius 3 is 1.15 bits per heavy atom. The first kappa shape index (κ1) is 62.9. The van der Waals surface area contributed by atoms with Crippen LogP contribution in [0.1, 0.15) is 31.9 Å². The van der Waals surface area contributed by atoms with Gasteiger partial charge in [0.15, 0.2) is 21.8 Å². The van der Waals surface area contributed by atoms with Crippen LogP contribution >= 0.6 is 0 Å². The van der Waals surface area contributed by atoms with Crippen LogP contribution < -0.4 is 4.74 Å². The number of rotatable bonds is 9. The summed E-state index contributed by atoms with van der Waals surface area (Å²) in [4.78, 5) is 8.49. The van der Waals surface area contributed by atoms with Crippen LogP contribution in [-0.4, -0.2) is 100 Å². The molecule has 0 saturated heterocycles. The van der Waals surface area contributed by atoms with Crippen molar-refractivity contribution in [2.75, 3.05) is 6.26 Å². The Bertz CT molecular complexity index is 2660. The normalized spacial score (nSPS) is 12.8. The first-order valence-corrected chi connectivity index (χ1v) is 23.1. The molecule has 3 aromatic carbocycles. The minimum atomic E-state index is -7.43. The Morgan fingerprint density at radius 2 is 0.908 bits per heavy atom. The number of esters is 1. The summed E-state index contributed by atoms with van der Waals surface area (Å²) in [5.41, 5.74) is 1.94. The lowest BCUT2D eigenvalue weighted by Crippen LogP contribution is -2.63. The van der Waals surface area contributed by atoms with Gasteiger partial charge in [0.1, 0.15) is 35.2 Å². The molecule has 0 aliphatic rings. The third kappa shape index (κ3) is 18.5. The fourth-order valence-electron chi connectivity index (χ4n) is 3.23. The molecular weight excluding hydrogens is 1040 g/mol. The van der Waals surface area contributed by atoms with Crippen LogP contribution in [0.5, 0.6) is 5.75 Å². The molecule has 0 spiro atoms. The van der Waals surface area contributed by atoms with E-state index in [4.69, 9.17) is 13.0 Å². The predicted molar refractivity (Wildman–Crippen MR) is 184 cm³/mol. The van der Waals surface area contributed by atoms with Crippen molar-refractivity contribution in [3.8, 4) is 5.75 Å². The summed E-state index contributed by atoms with van der Waals surface area (Å²) in [5.74, 6) is -28.1. The molecule has 0 bridgehead atoms. The zero-order chi connectivity index (χ0) is 52.5. The van der Waals surface area contributed by atoms with Gasteiger partial charge in [-0.05, 0) is 43.2 Å². The van der Waals surface area contributed by atoms with Crippen molar-refractivity contribution >= 4 is 56.6 Å². The van der Waals surface area contributed by atoms with E-state index < -0.39 is 120 Å². The van der Waals surface area contributed by atoms with Gasteiger partial charge in [0.05, 0.1) is 25.8 Å². The SMILES string of the molecule is CC(C)C(=O)Oc1c(F)c(F)c(S(=O)(=O)[O-])c(F)c1F.CCc1ccc(S(=O)(=O)[O-])cc1.CS(=O)(=O)[O-].Cc1ccc(S(=O)(=O)[O-])cc1.O=S(=O)([O-])C(F)(F)C(F)(F)C(F)(F)C(F)(F)F. The van der Waals surface area contributed by atoms with Crippen LogP contribution in [0.3, 0.4) is 0 Å². The van der Waals surface area contributed by atoms with E-state index >= 15 is 0 Å². The molecule has 0 aliphatic heterocycles. The number of benzene rings is 3. The van der Waals surface area contributed by atoms with Gasteiger partial charge < -0.3 is 27.5 Å². The highest BCUT2D eigenvalue weighted by atomic mass is 32.2. The minimum absolute atomic E-state index is 0.167. The van der Waals surface area contributed by atoms with E-state index in [9.17, 15) is 114 Å². The Labute approximate surface area is 360 Å². The minimum Gasteiger partial charge on any atom is -0.748 e. The maximum Gasteiger partial charge on any atom is 0.460 e. The molecule has 374 valence electrons. The molecule has 0 unspecified atom stereocenters. The summed E-state index contributed by atoms with van der Waals surface area (Å²) >= 11 is 0. The second-order valence-corrected chi connectivity index (χ2v) is 18.9. The number of carbonyl (C=O) groups is 1. The maximum absolute atomic E-state index is 13.4. The number of ether oxygens (including phenoxy) is 1. The number of alkyl halides is 9. The van der Waals surface area contributed by atoms with Gasteiger partial charge in [-0.2, -0.15) is 48.3 Å². The molecule has 0 fully saturated rings. The summed E-state index contributed by atoms with van der Waals surface area (Å²) in [6.07, 6.45) is -5.73. The third-order valence-electron chi connectivity index (χ3n) is 6.47. The first-order valence-electron chi connectivity index (χ1n) is 15.7. The Hall–Kier alpha value is -4.23. The molecule has 0 aromatic heterocycles. The summed E-state index contributed by atoms with van der Waals surface area (Å²) < 4.78 is 314. The topological polar surface area (TPSA) is 312 Å². The van der Waals surface area contributed by atoms with E-state index in [1.807, 2.05) is 13.8 Å². The van der Waals surface area contributed by atoms with Crippen LogP contribution in [0.25, 0.3) is 0 Å². The molecule has 65 heavy (non-hydrogen) atoms. The number of hydrogen-bond donors (Lipinski definition) is 0. The van der Waals surface area contributed by atoms with E-state index in [-0.39, 0.29) is 9.79 Å². The lowest BCUT2D eigenvalue weighted by Gasteiger charge is -2.34. The van der Waals surface area contributed by atoms with Crippen molar-refractivity contribution < 1.29 is 131 Å². The van der Waals surface area contributed by atoms with E-state index in [2.05, 4.69) is 4.74 Å². The molecule has 0 N–H and O–H groups in total. The number of hydrogen-bond acceptors (Lipinski definition) is 17. The fourth-order valence-corrected chi connectivity index (χ4v) is 5.23. The van der Waals surface area contributed by atoms with Crippen molar-refractivity contribution in [2.24, 2.45) is 5.92 Å². The quantitative estimate of drug-likeness (QED) is 0.0906. The van der Waals surface area contributed by atoms with Gasteiger partial charge in [0, 0.05) is 6.26 Å². The van der Waals surface area contributed by atoms with E-state index in [0.717, 1.165) is 17.5 Å². The summed E-state index contributed by atoms with van der Waals surface area (Å²) in [7, 11) is -25.7. The largest absolute Gasteiger partial charge is 0.748 e. The van der Waals surface area contributed by atoms with Crippen LogP contribution in [0, 0.1) is 36.1 Å². The molecular formula is C30H26F13O17S5-5. The van der Waals surface area contributed by atoms with Crippen LogP contribution in [-0.2, 0) is 61.8 Å². The van der Waals surface area contributed by atoms with Gasteiger partial charge in [0.2, 0.25) is 17.4 Å². The number of carbonyl (C=O) groups excluding carboxylic acids is 1. The molecule has 0 amide bonds. The highest BCUT2D eigenvalue weighted by molar-refractivity contribution is 7.87. The molecule has 0 heterocycles. The second-order valence-electron chi connectivity index (χ2n) is 12.0. The van der Waals surface area contributed by atoms with Gasteiger partial charge in [0.25, 0.3) is 0 Å². The summed E-state index contributed by atoms with van der Waals surface area (Å²) in [6, 6.07) is 11.7. The van der Waals surface area contributed by atoms with Gasteiger partial charge in [-0.15, -0.1) is 0 Å². The summed E-state index contributed by atoms with van der Waals surface area (Å²) in [5, 5.41) is -7.11. The predicted octanol–water partition coefficient (Wildman–Crippen LogP) is 4.88. The van der Waals surface area contributed by atoms with Crippen molar-refractivity contribution in [1.29, 1.82) is 0 Å². The zero-order valence-electron chi connectivity index (χ0n) is 32.3. The average Bonchev–Trinajstić information content (AvgIpc) is 3.10. The van der Waals surface area contributed by atoms with Crippen LogP contribution in [0.2, 0.25) is 0 Å². The molecule has 0 radical (unpaired) electrons. The molecule has 0 aliphatic carbocycles. The molecule has 17 nitrogen and oxygen atoms in total. The van der Waals surface area contributed by atoms with Gasteiger partial charge in [-0.3, -0.25) is 4.79 Å². The Morgan fingerprint density at radius 1 is 0.585 bits per heavy atom. The first-order chi connectivity index (χ1) is 28.5. The highest BCUT2D eigenvalue weighted by Gasteiger charge is 2.83. The van der Waals surface area contributed by atoms with E-state index in [1.165, 1.54) is 38.1 Å². The monoisotopic (exact) mass is 1060 g/mol. The standard InChI is InChI=1S/C10H8F4O5S.C8H10O3S.C7H8O3S.C4HF9O3S.CH4O3S/c1-3(2)10(15)19-8-4(11)6(13)9(20(16,17)18)7(14)5(8)12;1-2-7-3-5-8(6-4-7)12(9,10)11;1-6-2-4-7(5-3-6)11(8,9)10;5-1(6,3(9,10)11)2(7,8)4(12,13)17(14,15)16;1-5(2,3)4/h3H,1-2H3,(H,16,17,18);3-6H,2H2,1H3,(H,9,10,11);2-5H,1H3,(H,8,9,10);(H,14,15,16);1H3,(H,2,3,4)/p-5. The van der Waals surface area contributed by atoms with E-state index in [1.54, 1.807) is 24.3 Å². The smallest absolute Gasteiger partial charge is 0.460 e. The summed E-state index contributed by atoms with van der Waals surface area (Å²) in [6.45, 7) is 6.34. The van der Waals surface area contributed by atoms with E-state index in [0.29, 0.717) is 6.26 Å². The number of aryl methyl sites for hydroxylation is 2. The fraction of sp³-hybridized carbons (Fsp3) is 0.367. The lowest BCUT2D eigenvalue weighted by atomic mass is 10.1. The van der Waals surface area contributed by atoms with Crippen LogP contribution in [0.4, 0.5) is 57.1 Å². The maximum atomic E-state index is 13.4. The highest BCUT2D eigenvalue weighted by Crippen LogP contribution is 2.54. The van der Waals surface area contributed by atoms with Gasteiger partial charge in [-0.25, -0.2) is 50.9 Å². The average molecular weight is 1070 g/mol. The molecule has 0 saturated carbocycles. The molecule has 3 rings (SSSR count). The third-order valence-corrected chi connectivity index (χ3v) is 9.91. The van der Waals surface area contributed by atoms with Crippen molar-refractivity contribution in [1.82, 2.24) is 0 Å². The molecule has 3 aromatic rings. The van der Waals surface area contributed by atoms with Crippen molar-refractivity contribution in [2.45, 2.75) is 72.1 Å². The second kappa shape index (κ2) is 22.5. The lowest BCUT2D eigenvalue weighted by molar-refractivity contribution is -0.382. The van der Waals surface area contributed by atoms with Crippen LogP contribution in [0.15, 0.2) is 63.2 Å².